The molecule has 0 atom stereocenters. The molecule has 59 heavy (non-hydrogen) atoms. The fourth-order valence-corrected chi connectivity index (χ4v) is 10.9. The van der Waals surface area contributed by atoms with E-state index in [1.165, 1.54) is 15.8 Å². The first-order valence-electron chi connectivity index (χ1n) is 21.9. The topological polar surface area (TPSA) is 38.9 Å². The van der Waals surface area contributed by atoms with Crippen LogP contribution in [-0.2, 0) is 20.1 Å². The molecule has 0 unspecified atom stereocenters. The van der Waals surface area contributed by atoms with Gasteiger partial charge in [-0.2, -0.15) is 0 Å². The van der Waals surface area contributed by atoms with Crippen LogP contribution in [-0.4, -0.2) is 31.3 Å². The Morgan fingerprint density at radius 3 is 1.97 bits per heavy atom. The van der Waals surface area contributed by atoms with Crippen LogP contribution < -0.4 is 9.58 Å². The van der Waals surface area contributed by atoms with Gasteiger partial charge in [-0.3, -0.25) is 0 Å². The maximum atomic E-state index is 8.52. The van der Waals surface area contributed by atoms with Gasteiger partial charge in [0.2, 0.25) is 0 Å². The molecule has 0 saturated heterocycles. The summed E-state index contributed by atoms with van der Waals surface area (Å²) in [5.41, 5.74) is 11.5. The molecule has 3 nitrogen and oxygen atoms in total. The first kappa shape index (κ1) is 40.0. The summed E-state index contributed by atoms with van der Waals surface area (Å²) >= 11 is -2.07. The molecule has 8 rings (SSSR count). The fraction of sp³-hybridized carbons (Fsp3) is 0.245. The summed E-state index contributed by atoms with van der Waals surface area (Å²) in [6, 6.07) is 46.2. The third-order valence-electron chi connectivity index (χ3n) is 10.9. The zero-order chi connectivity index (χ0) is 43.9. The van der Waals surface area contributed by atoms with Gasteiger partial charge in [-0.05, 0) is 22.0 Å². The van der Waals surface area contributed by atoms with Crippen molar-refractivity contribution in [3.05, 3.63) is 156 Å². The van der Waals surface area contributed by atoms with Gasteiger partial charge < -0.3 is 4.98 Å². The van der Waals surface area contributed by atoms with E-state index in [0.29, 0.717) is 11.3 Å². The van der Waals surface area contributed by atoms with Gasteiger partial charge in [0.15, 0.2) is 0 Å². The molecule has 3 heterocycles. The van der Waals surface area contributed by atoms with E-state index in [1.54, 1.807) is 0 Å². The van der Waals surface area contributed by atoms with Gasteiger partial charge in [-0.15, -0.1) is 35.9 Å². The number of fused-ring (bicyclic) bond motifs is 3. The standard InChI is InChI=1S/C39H40GeNO.C14H16NSi.Ir/c1-24(2)33-19-28(27-13-10-9-11-14-27)20-34(25(3)4)38(33)35-22-36(41-23-26(35)5)32-16-12-15-31-30-18-17-29(40(6,7)8)21-37(30)42-39(31)32;1-16(2,3)13-9-10-14(15-11-13)12-7-5-4-6-8-12;/h9-15,17-25H,1-8H3;4-7,9-11H,1-3H3;/q2*-1;/i5D3;;. The summed E-state index contributed by atoms with van der Waals surface area (Å²) in [6.45, 7) is 13.3. The molecule has 303 valence electrons. The molecule has 0 aliphatic carbocycles. The number of hydrogen-bond donors (Lipinski definition) is 0. The predicted octanol–water partition coefficient (Wildman–Crippen LogP) is 14.0. The molecular formula is C53H56GeIrN2OSi-2. The number of aromatic nitrogens is 2. The number of pyridine rings is 2. The summed E-state index contributed by atoms with van der Waals surface area (Å²) < 4.78 is 33.5. The van der Waals surface area contributed by atoms with Gasteiger partial charge in [0.05, 0.1) is 8.07 Å². The third kappa shape index (κ3) is 9.66. The fourth-order valence-electron chi connectivity index (χ4n) is 7.45. The summed E-state index contributed by atoms with van der Waals surface area (Å²) in [7, 11) is -1.23. The molecule has 0 N–H and O–H groups in total. The van der Waals surface area contributed by atoms with E-state index in [2.05, 4.69) is 148 Å². The smallest absolute Gasteiger partial charge is 0.0587 e. The van der Waals surface area contributed by atoms with Crippen molar-refractivity contribution < 1.29 is 28.6 Å². The number of benzene rings is 5. The average Bonchev–Trinajstić information content (AvgIpc) is 3.61. The van der Waals surface area contributed by atoms with E-state index >= 15 is 0 Å². The van der Waals surface area contributed by atoms with E-state index in [0.717, 1.165) is 66.6 Å². The molecule has 0 spiro atoms. The molecule has 3 aromatic heterocycles. The minimum absolute atomic E-state index is 0. The van der Waals surface area contributed by atoms with Crippen LogP contribution in [0.2, 0.25) is 36.9 Å². The molecule has 6 heteroatoms. The molecule has 5 aromatic carbocycles. The third-order valence-corrected chi connectivity index (χ3v) is 17.2. The minimum atomic E-state index is -2.34. The van der Waals surface area contributed by atoms with Gasteiger partial charge in [-0.25, -0.2) is 0 Å². The van der Waals surface area contributed by atoms with Crippen molar-refractivity contribution in [1.29, 1.82) is 0 Å². The Balaban J connectivity index is 0.000000317. The van der Waals surface area contributed by atoms with E-state index in [-0.39, 0.29) is 37.5 Å². The number of hydrogen-bond acceptors (Lipinski definition) is 3. The van der Waals surface area contributed by atoms with E-state index in [1.807, 2.05) is 54.7 Å². The van der Waals surface area contributed by atoms with Crippen molar-refractivity contribution in [2.45, 2.75) is 83.3 Å². The Hall–Kier alpha value is -4.39. The van der Waals surface area contributed by atoms with Crippen LogP contribution in [0, 0.1) is 19.0 Å². The van der Waals surface area contributed by atoms with E-state index < -0.39 is 28.2 Å². The van der Waals surface area contributed by atoms with Crippen LogP contribution in [0.25, 0.3) is 66.7 Å². The van der Waals surface area contributed by atoms with Crippen molar-refractivity contribution in [3.63, 3.8) is 0 Å². The monoisotopic (exact) mass is 1030 g/mol. The van der Waals surface area contributed by atoms with Crippen molar-refractivity contribution in [1.82, 2.24) is 9.97 Å². The van der Waals surface area contributed by atoms with Gasteiger partial charge in [0.25, 0.3) is 0 Å². The summed E-state index contributed by atoms with van der Waals surface area (Å²) in [4.78, 5) is 9.27. The molecular weight excluding hydrogens is 974 g/mol. The van der Waals surface area contributed by atoms with Crippen LogP contribution in [0.1, 0.15) is 60.3 Å². The number of aryl methyl sites for hydroxylation is 1. The second-order valence-corrected chi connectivity index (χ2v) is 33.7. The first-order valence-corrected chi connectivity index (χ1v) is 31.2. The SMILES string of the molecule is C[Si](C)(C)c1ccc(-c2[c-]cccc2)nc1.[2H]C([2H])([2H])c1cnc(-c2[c-]ccc3c2oc2c[c]([Ge]([CH3])([CH3])[CH3])ccc23)cc1-c1c(C(C)C)cc(-c2ccccc2)cc1C(C)C.[Ir]. The first-order chi connectivity index (χ1) is 28.8. The molecule has 8 aromatic rings. The minimum Gasteiger partial charge on any atom is -0.0587 e. The Morgan fingerprint density at radius 2 is 1.37 bits per heavy atom. The quantitative estimate of drug-likeness (QED) is 0.112. The summed E-state index contributed by atoms with van der Waals surface area (Å²) in [5.74, 6) is 7.46. The van der Waals surface area contributed by atoms with Crippen LogP contribution in [0.5, 0.6) is 0 Å². The van der Waals surface area contributed by atoms with Crippen molar-refractivity contribution >= 4 is 52.9 Å². The zero-order valence-electron chi connectivity index (χ0n) is 38.9. The number of nitrogens with zero attached hydrogens (tertiary/aromatic N) is 2. The number of furan rings is 1. The van der Waals surface area contributed by atoms with Gasteiger partial charge >= 0.3 is 189 Å². The maximum absolute atomic E-state index is 8.52. The molecule has 0 aliphatic heterocycles. The summed E-state index contributed by atoms with van der Waals surface area (Å²) in [5, 5.41) is 3.47. The molecule has 0 aliphatic rings. The Labute approximate surface area is 373 Å². The van der Waals surface area contributed by atoms with Crippen LogP contribution in [0.15, 0.2) is 132 Å². The van der Waals surface area contributed by atoms with Crippen molar-refractivity contribution in [2.24, 2.45) is 0 Å². The second kappa shape index (κ2) is 18.1. The van der Waals surface area contributed by atoms with E-state index in [4.69, 9.17) is 13.5 Å². The summed E-state index contributed by atoms with van der Waals surface area (Å²) in [6.07, 6.45) is 3.56. The average molecular weight is 1030 g/mol. The molecule has 1 radical (unpaired) electrons. The molecule has 0 bridgehead atoms. The van der Waals surface area contributed by atoms with Crippen LogP contribution in [0.3, 0.4) is 0 Å². The van der Waals surface area contributed by atoms with Gasteiger partial charge in [0.1, 0.15) is 0 Å². The van der Waals surface area contributed by atoms with E-state index in [9.17, 15) is 0 Å². The zero-order valence-corrected chi connectivity index (χ0v) is 41.4. The van der Waals surface area contributed by atoms with Gasteiger partial charge in [0, 0.05) is 26.3 Å². The second-order valence-electron chi connectivity index (χ2n) is 17.9. The Kier molecular flexibility index (Phi) is 12.3. The molecule has 0 saturated carbocycles. The Bertz CT molecular complexity index is 2780. The number of rotatable bonds is 8. The van der Waals surface area contributed by atoms with Crippen molar-refractivity contribution in [3.8, 4) is 44.8 Å². The Morgan fingerprint density at radius 1 is 0.678 bits per heavy atom. The van der Waals surface area contributed by atoms with Crippen LogP contribution in [0.4, 0.5) is 0 Å². The predicted molar refractivity (Wildman–Crippen MR) is 254 cm³/mol. The van der Waals surface area contributed by atoms with Gasteiger partial charge in [-0.1, -0.05) is 89.8 Å². The van der Waals surface area contributed by atoms with Crippen LogP contribution >= 0.6 is 0 Å². The molecule has 0 fully saturated rings. The molecule has 0 amide bonds. The van der Waals surface area contributed by atoms with Crippen molar-refractivity contribution in [2.75, 3.05) is 0 Å². The normalized spacial score (nSPS) is 12.8.